The molecule has 168 valence electrons. The number of likely N-dealkylation sites (tertiary alicyclic amines) is 1. The Morgan fingerprint density at radius 2 is 1.73 bits per heavy atom. The van der Waals surface area contributed by atoms with Gasteiger partial charge in [0.2, 0.25) is 11.8 Å². The Bertz CT molecular complexity index is 695. The lowest BCUT2D eigenvalue weighted by molar-refractivity contribution is -0.149. The molecule has 4 atom stereocenters. The molecule has 0 aromatic heterocycles. The number of benzene rings is 1. The number of piperidine rings is 1. The van der Waals surface area contributed by atoms with Gasteiger partial charge >= 0.3 is 0 Å². The molecule has 1 aromatic rings. The van der Waals surface area contributed by atoms with E-state index in [0.29, 0.717) is 30.7 Å². The van der Waals surface area contributed by atoms with E-state index in [1.54, 1.807) is 12.1 Å². The van der Waals surface area contributed by atoms with Gasteiger partial charge in [-0.25, -0.2) is 0 Å². The van der Waals surface area contributed by atoms with E-state index >= 15 is 0 Å². The number of amides is 2. The first-order valence-electron chi connectivity index (χ1n) is 11.3. The summed E-state index contributed by atoms with van der Waals surface area (Å²) in [6.45, 7) is 8.07. The number of rotatable bonds is 9. The van der Waals surface area contributed by atoms with Crippen molar-refractivity contribution >= 4 is 23.4 Å². The first-order valence-corrected chi connectivity index (χ1v) is 11.7. The summed E-state index contributed by atoms with van der Waals surface area (Å²) in [7, 11) is 0. The Kier molecular flexibility index (Phi) is 9.17. The number of hydrogen-bond acceptors (Lipinski definition) is 3. The third-order valence-corrected chi connectivity index (χ3v) is 6.32. The van der Waals surface area contributed by atoms with Gasteiger partial charge in [0, 0.05) is 36.4 Å². The van der Waals surface area contributed by atoms with Gasteiger partial charge in [0.15, 0.2) is 0 Å². The molecule has 0 spiro atoms. The predicted molar refractivity (Wildman–Crippen MR) is 121 cm³/mol. The molecule has 1 aromatic carbocycles. The van der Waals surface area contributed by atoms with Crippen molar-refractivity contribution in [2.24, 2.45) is 0 Å². The minimum absolute atomic E-state index is 0.0427. The molecular formula is C24H37ClN2O3. The van der Waals surface area contributed by atoms with Crippen LogP contribution in [0.15, 0.2) is 24.3 Å². The maximum atomic E-state index is 13.4. The third kappa shape index (κ3) is 6.21. The van der Waals surface area contributed by atoms with Gasteiger partial charge < -0.3 is 15.3 Å². The molecule has 5 nitrogen and oxygen atoms in total. The predicted octanol–water partition coefficient (Wildman–Crippen LogP) is 4.79. The monoisotopic (exact) mass is 436 g/mol. The van der Waals surface area contributed by atoms with Crippen molar-refractivity contribution < 1.29 is 14.7 Å². The quantitative estimate of drug-likeness (QED) is 0.546. The second-order valence-electron chi connectivity index (χ2n) is 8.76. The van der Waals surface area contributed by atoms with Crippen LogP contribution in [0.3, 0.4) is 0 Å². The molecule has 0 radical (unpaired) electrons. The van der Waals surface area contributed by atoms with Crippen molar-refractivity contribution in [1.82, 2.24) is 10.2 Å². The highest BCUT2D eigenvalue weighted by atomic mass is 35.5. The van der Waals surface area contributed by atoms with E-state index in [1.165, 1.54) is 0 Å². The van der Waals surface area contributed by atoms with Crippen LogP contribution in [-0.4, -0.2) is 39.9 Å². The highest BCUT2D eigenvalue weighted by molar-refractivity contribution is 6.30. The Labute approximate surface area is 186 Å². The summed E-state index contributed by atoms with van der Waals surface area (Å²) in [5, 5.41) is 14.9. The second-order valence-corrected chi connectivity index (χ2v) is 9.19. The zero-order valence-electron chi connectivity index (χ0n) is 18.8. The smallest absolute Gasteiger partial charge is 0.245 e. The van der Waals surface area contributed by atoms with Gasteiger partial charge in [0.1, 0.15) is 6.04 Å². The van der Waals surface area contributed by atoms with Crippen LogP contribution in [0, 0.1) is 0 Å². The summed E-state index contributed by atoms with van der Waals surface area (Å²) in [6, 6.07) is 6.50. The lowest BCUT2D eigenvalue weighted by Crippen LogP contribution is -2.59. The Morgan fingerprint density at radius 1 is 1.13 bits per heavy atom. The van der Waals surface area contributed by atoms with Crippen LogP contribution in [0.2, 0.25) is 5.02 Å². The molecule has 30 heavy (non-hydrogen) atoms. The van der Waals surface area contributed by atoms with Crippen LogP contribution in [0.25, 0.3) is 0 Å². The van der Waals surface area contributed by atoms with Crippen molar-refractivity contribution in [2.75, 3.05) is 0 Å². The number of nitrogens with zero attached hydrogens (tertiary/aromatic N) is 1. The average Bonchev–Trinajstić information content (AvgIpc) is 2.67. The van der Waals surface area contributed by atoms with E-state index in [1.807, 2.05) is 37.8 Å². The first-order chi connectivity index (χ1) is 14.2. The maximum Gasteiger partial charge on any atom is 0.245 e. The molecule has 2 rings (SSSR count). The van der Waals surface area contributed by atoms with Crippen molar-refractivity contribution in [3.05, 3.63) is 34.9 Å². The van der Waals surface area contributed by atoms with Gasteiger partial charge in [-0.15, -0.1) is 0 Å². The molecule has 6 heteroatoms. The number of halogens is 1. The van der Waals surface area contributed by atoms with E-state index in [9.17, 15) is 14.7 Å². The summed E-state index contributed by atoms with van der Waals surface area (Å²) in [5.41, 5.74) is -0.170. The zero-order chi connectivity index (χ0) is 22.3. The molecule has 1 saturated heterocycles. The minimum Gasteiger partial charge on any atom is -0.385 e. The standard InChI is InChI=1S/C24H37ClN2O3/c1-5-7-8-10-22(28)26-21(9-6-2)23(29)27-17(3)15-24(30,16-18(27)4)19-11-13-20(25)14-12-19/h11-14,17-18,21,30H,5-10,15-16H2,1-4H3,(H,26,28)/t17-,18?,21+,24?/m0/s1. The normalized spacial score (nSPS) is 25.1. The largest absolute Gasteiger partial charge is 0.385 e. The molecule has 1 fully saturated rings. The molecule has 2 amide bonds. The van der Waals surface area contributed by atoms with Crippen molar-refractivity contribution in [1.29, 1.82) is 0 Å². The number of unbranched alkanes of at least 4 members (excludes halogenated alkanes) is 2. The van der Waals surface area contributed by atoms with E-state index in [4.69, 9.17) is 11.6 Å². The van der Waals surface area contributed by atoms with E-state index in [0.717, 1.165) is 31.2 Å². The Hall–Kier alpha value is -1.59. The Morgan fingerprint density at radius 3 is 2.27 bits per heavy atom. The van der Waals surface area contributed by atoms with Gasteiger partial charge in [0.05, 0.1) is 5.60 Å². The lowest BCUT2D eigenvalue weighted by atomic mass is 9.78. The summed E-state index contributed by atoms with van der Waals surface area (Å²) >= 11 is 5.99. The van der Waals surface area contributed by atoms with Crippen LogP contribution in [0.4, 0.5) is 0 Å². The molecule has 2 unspecified atom stereocenters. The first kappa shape index (κ1) is 24.7. The highest BCUT2D eigenvalue weighted by Gasteiger charge is 2.44. The van der Waals surface area contributed by atoms with E-state index < -0.39 is 11.6 Å². The van der Waals surface area contributed by atoms with Gasteiger partial charge in [0.25, 0.3) is 0 Å². The fourth-order valence-corrected chi connectivity index (χ4v) is 4.78. The molecule has 0 bridgehead atoms. The summed E-state index contributed by atoms with van der Waals surface area (Å²) in [4.78, 5) is 27.6. The SMILES string of the molecule is CCCCCC(=O)N[C@H](CCC)C(=O)N1C(C)CC(O)(c2ccc(Cl)cc2)C[C@@H]1C. The number of hydrogen-bond donors (Lipinski definition) is 2. The maximum absolute atomic E-state index is 13.4. The van der Waals surface area contributed by atoms with Crippen LogP contribution < -0.4 is 5.32 Å². The van der Waals surface area contributed by atoms with Crippen LogP contribution in [0.5, 0.6) is 0 Å². The van der Waals surface area contributed by atoms with E-state index in [2.05, 4.69) is 12.2 Å². The van der Waals surface area contributed by atoms with Crippen molar-refractivity contribution in [3.8, 4) is 0 Å². The number of carbonyl (C=O) groups is 2. The van der Waals surface area contributed by atoms with Gasteiger partial charge in [-0.1, -0.05) is 56.8 Å². The Balaban J connectivity index is 2.10. The second kappa shape index (κ2) is 11.1. The highest BCUT2D eigenvalue weighted by Crippen LogP contribution is 2.39. The molecule has 0 aliphatic carbocycles. The topological polar surface area (TPSA) is 69.6 Å². The van der Waals surface area contributed by atoms with Crippen molar-refractivity contribution in [2.45, 2.75) is 103 Å². The van der Waals surface area contributed by atoms with Crippen LogP contribution in [0.1, 0.15) is 84.6 Å². The lowest BCUT2D eigenvalue weighted by Gasteiger charge is -2.48. The average molecular weight is 437 g/mol. The molecule has 1 heterocycles. The van der Waals surface area contributed by atoms with E-state index in [-0.39, 0.29) is 23.9 Å². The fraction of sp³-hybridized carbons (Fsp3) is 0.667. The number of aliphatic hydroxyl groups is 1. The van der Waals surface area contributed by atoms with Gasteiger partial charge in [-0.3, -0.25) is 9.59 Å². The van der Waals surface area contributed by atoms with Crippen LogP contribution >= 0.6 is 11.6 Å². The minimum atomic E-state index is -0.996. The summed E-state index contributed by atoms with van der Waals surface area (Å²) in [5.74, 6) is -0.0934. The molecule has 0 saturated carbocycles. The third-order valence-electron chi connectivity index (χ3n) is 6.07. The fourth-order valence-electron chi connectivity index (χ4n) is 4.65. The number of carbonyl (C=O) groups excluding carboxylic acids is 2. The molecule has 2 N–H and O–H groups in total. The van der Waals surface area contributed by atoms with Gasteiger partial charge in [-0.05, 0) is 44.4 Å². The van der Waals surface area contributed by atoms with Crippen molar-refractivity contribution in [3.63, 3.8) is 0 Å². The molecule has 1 aliphatic rings. The van der Waals surface area contributed by atoms with Gasteiger partial charge in [-0.2, -0.15) is 0 Å². The molecule has 1 aliphatic heterocycles. The summed E-state index contributed by atoms with van der Waals surface area (Å²) in [6.07, 6.45) is 5.73. The molecular weight excluding hydrogens is 400 g/mol. The summed E-state index contributed by atoms with van der Waals surface area (Å²) < 4.78 is 0. The zero-order valence-corrected chi connectivity index (χ0v) is 19.5. The number of nitrogens with one attached hydrogen (secondary N) is 1. The van der Waals surface area contributed by atoms with Crippen LogP contribution in [-0.2, 0) is 15.2 Å².